The molecule has 0 saturated heterocycles. The second kappa shape index (κ2) is 6.47. The Hall–Kier alpha value is -1.04. The van der Waals surface area contributed by atoms with Crippen LogP contribution in [0, 0.1) is 6.92 Å². The Bertz CT molecular complexity index is 345. The summed E-state index contributed by atoms with van der Waals surface area (Å²) in [5, 5.41) is 2.64. The highest BCUT2D eigenvalue weighted by Gasteiger charge is 1.83. The molecule has 0 nitrogen and oxygen atoms in total. The Labute approximate surface area is 81.6 Å². The van der Waals surface area contributed by atoms with E-state index in [2.05, 4.69) is 51.1 Å². The fourth-order valence-corrected chi connectivity index (χ4v) is 1.21. The fraction of sp³-hybridized carbons (Fsp3) is 0.385. The third-order valence-electron chi connectivity index (χ3n) is 1.86. The van der Waals surface area contributed by atoms with Gasteiger partial charge < -0.3 is 0 Å². The molecule has 1 rings (SSSR count). The summed E-state index contributed by atoms with van der Waals surface area (Å²) < 4.78 is 0. The van der Waals surface area contributed by atoms with Crippen LogP contribution in [0.5, 0.6) is 0 Å². The van der Waals surface area contributed by atoms with E-state index in [-0.39, 0.29) is 0 Å². The molecule has 0 heteroatoms. The third-order valence-corrected chi connectivity index (χ3v) is 1.86. The summed E-state index contributed by atoms with van der Waals surface area (Å²) in [6.45, 7) is 10.3. The zero-order chi connectivity index (χ0) is 10.3. The van der Waals surface area contributed by atoms with Crippen molar-refractivity contribution in [3.8, 4) is 0 Å². The average molecular weight is 176 g/mol. The first-order valence-corrected chi connectivity index (χ1v) is 4.97. The van der Waals surface area contributed by atoms with E-state index in [1.54, 1.807) is 0 Å². The Morgan fingerprint density at radius 2 is 1.46 bits per heavy atom. The molecular weight excluding hydrogens is 156 g/mol. The first kappa shape index (κ1) is 12.0. The zero-order valence-corrected chi connectivity index (χ0v) is 9.39. The van der Waals surface area contributed by atoms with E-state index in [9.17, 15) is 0 Å². The lowest BCUT2D eigenvalue weighted by atomic mass is 10.1. The molecule has 1 aromatic carbocycles. The predicted octanol–water partition coefficient (Wildman–Crippen LogP) is 2.62. The summed E-state index contributed by atoms with van der Waals surface area (Å²) in [6.07, 6.45) is 4.27. The summed E-state index contributed by atoms with van der Waals surface area (Å²) in [4.78, 5) is 0. The molecule has 0 heterocycles. The van der Waals surface area contributed by atoms with Gasteiger partial charge in [0.15, 0.2) is 0 Å². The first-order chi connectivity index (χ1) is 6.27. The standard InChI is InChI=1S/C11H14.C2H6/c1-4-10-7-6-9(3)8-11(10)5-2;1-2/h4-8H,1-3H3;1-2H3/b10-4-,11-5-;. The summed E-state index contributed by atoms with van der Waals surface area (Å²) >= 11 is 0. The van der Waals surface area contributed by atoms with Crippen LogP contribution in [0.15, 0.2) is 18.2 Å². The van der Waals surface area contributed by atoms with Gasteiger partial charge in [-0.05, 0) is 31.2 Å². The summed E-state index contributed by atoms with van der Waals surface area (Å²) in [5.74, 6) is 0. The first-order valence-electron chi connectivity index (χ1n) is 4.97. The lowest BCUT2D eigenvalue weighted by molar-refractivity contribution is 1.39. The molecule has 0 radical (unpaired) electrons. The van der Waals surface area contributed by atoms with Crippen LogP contribution < -0.4 is 10.4 Å². The van der Waals surface area contributed by atoms with Crippen LogP contribution in [0.25, 0.3) is 12.2 Å². The van der Waals surface area contributed by atoms with Gasteiger partial charge in [0.25, 0.3) is 0 Å². The van der Waals surface area contributed by atoms with Gasteiger partial charge in [-0.1, -0.05) is 49.8 Å². The van der Waals surface area contributed by atoms with Crippen molar-refractivity contribution in [1.29, 1.82) is 0 Å². The molecule has 1 aromatic rings. The van der Waals surface area contributed by atoms with Crippen molar-refractivity contribution in [2.75, 3.05) is 0 Å². The van der Waals surface area contributed by atoms with Crippen LogP contribution in [0.2, 0.25) is 0 Å². The molecule has 0 amide bonds. The molecule has 0 fully saturated rings. The molecule has 0 bridgehead atoms. The highest BCUT2D eigenvalue weighted by atomic mass is 13.9. The highest BCUT2D eigenvalue weighted by molar-refractivity contribution is 5.31. The van der Waals surface area contributed by atoms with E-state index < -0.39 is 0 Å². The highest BCUT2D eigenvalue weighted by Crippen LogP contribution is 1.85. The van der Waals surface area contributed by atoms with Gasteiger partial charge in [-0.15, -0.1) is 0 Å². The lowest BCUT2D eigenvalue weighted by Gasteiger charge is -1.91. The minimum atomic E-state index is 1.32. The molecule has 0 aliphatic heterocycles. The SMILES string of the molecule is C/C=c1/ccc(C)c/c1=C/C.CC. The van der Waals surface area contributed by atoms with Crippen molar-refractivity contribution >= 4 is 12.2 Å². The van der Waals surface area contributed by atoms with Crippen molar-refractivity contribution in [2.45, 2.75) is 34.6 Å². The van der Waals surface area contributed by atoms with Gasteiger partial charge in [0.05, 0.1) is 0 Å². The third kappa shape index (κ3) is 3.45. The predicted molar refractivity (Wildman–Crippen MR) is 62.1 cm³/mol. The van der Waals surface area contributed by atoms with Gasteiger partial charge in [-0.25, -0.2) is 0 Å². The average Bonchev–Trinajstić information content (AvgIpc) is 2.20. The number of aryl methyl sites for hydroxylation is 1. The van der Waals surface area contributed by atoms with Crippen molar-refractivity contribution in [3.63, 3.8) is 0 Å². The molecule has 0 spiro atoms. The van der Waals surface area contributed by atoms with Gasteiger partial charge >= 0.3 is 0 Å². The van der Waals surface area contributed by atoms with E-state index >= 15 is 0 Å². The minimum Gasteiger partial charge on any atom is -0.0798 e. The summed E-state index contributed by atoms with van der Waals surface area (Å²) in [6, 6.07) is 6.50. The summed E-state index contributed by atoms with van der Waals surface area (Å²) in [5.41, 5.74) is 1.32. The second-order valence-corrected chi connectivity index (χ2v) is 2.71. The molecule has 0 saturated carbocycles. The quantitative estimate of drug-likeness (QED) is 0.570. The Morgan fingerprint density at radius 1 is 0.923 bits per heavy atom. The van der Waals surface area contributed by atoms with Crippen LogP contribution in [0.4, 0.5) is 0 Å². The topological polar surface area (TPSA) is 0 Å². The molecule has 0 N–H and O–H groups in total. The number of benzene rings is 1. The normalized spacial score (nSPS) is 12.4. The van der Waals surface area contributed by atoms with Crippen LogP contribution in [0.3, 0.4) is 0 Å². The van der Waals surface area contributed by atoms with Crippen molar-refractivity contribution < 1.29 is 0 Å². The summed E-state index contributed by atoms with van der Waals surface area (Å²) in [7, 11) is 0. The molecule has 0 aromatic heterocycles. The van der Waals surface area contributed by atoms with Gasteiger partial charge in [-0.3, -0.25) is 0 Å². The number of hydrogen-bond donors (Lipinski definition) is 0. The Balaban J connectivity index is 0.000000671. The lowest BCUT2D eigenvalue weighted by Crippen LogP contribution is -2.23. The van der Waals surface area contributed by atoms with E-state index in [0.717, 1.165) is 0 Å². The maximum absolute atomic E-state index is 2.20. The van der Waals surface area contributed by atoms with E-state index in [4.69, 9.17) is 0 Å². The van der Waals surface area contributed by atoms with Crippen molar-refractivity contribution in [3.05, 3.63) is 34.2 Å². The number of rotatable bonds is 0. The van der Waals surface area contributed by atoms with Crippen LogP contribution in [-0.4, -0.2) is 0 Å². The van der Waals surface area contributed by atoms with E-state index in [1.807, 2.05) is 13.8 Å². The molecule has 13 heavy (non-hydrogen) atoms. The monoisotopic (exact) mass is 176 g/mol. The van der Waals surface area contributed by atoms with E-state index in [0.29, 0.717) is 0 Å². The van der Waals surface area contributed by atoms with Crippen LogP contribution in [-0.2, 0) is 0 Å². The van der Waals surface area contributed by atoms with Crippen LogP contribution in [0.1, 0.15) is 33.3 Å². The van der Waals surface area contributed by atoms with Gasteiger partial charge in [0.2, 0.25) is 0 Å². The van der Waals surface area contributed by atoms with Gasteiger partial charge in [0.1, 0.15) is 0 Å². The molecule has 0 unspecified atom stereocenters. The minimum absolute atomic E-state index is 1.32. The zero-order valence-electron chi connectivity index (χ0n) is 9.39. The molecule has 0 atom stereocenters. The molecule has 72 valence electrons. The smallest absolute Gasteiger partial charge is 0.0227 e. The number of hydrogen-bond acceptors (Lipinski definition) is 0. The van der Waals surface area contributed by atoms with E-state index in [1.165, 1.54) is 16.0 Å². The maximum Gasteiger partial charge on any atom is -0.0227 e. The fourth-order valence-electron chi connectivity index (χ4n) is 1.21. The Morgan fingerprint density at radius 3 is 1.92 bits per heavy atom. The van der Waals surface area contributed by atoms with Gasteiger partial charge in [0, 0.05) is 0 Å². The second-order valence-electron chi connectivity index (χ2n) is 2.71. The molecule has 0 aliphatic rings. The Kier molecular flexibility index (Phi) is 5.96. The van der Waals surface area contributed by atoms with Gasteiger partial charge in [-0.2, -0.15) is 0 Å². The largest absolute Gasteiger partial charge is 0.0798 e. The maximum atomic E-state index is 2.20. The molecule has 0 aliphatic carbocycles. The van der Waals surface area contributed by atoms with Crippen molar-refractivity contribution in [1.82, 2.24) is 0 Å². The van der Waals surface area contributed by atoms with Crippen LogP contribution >= 0.6 is 0 Å². The molecular formula is C13H20. The van der Waals surface area contributed by atoms with Crippen molar-refractivity contribution in [2.24, 2.45) is 0 Å².